The molecule has 0 fully saturated rings. The van der Waals surface area contributed by atoms with Gasteiger partial charge in [0.1, 0.15) is 0 Å². The second kappa shape index (κ2) is 5.73. The van der Waals surface area contributed by atoms with Gasteiger partial charge in [-0.15, -0.1) is 0 Å². The van der Waals surface area contributed by atoms with Crippen LogP contribution in [0.5, 0.6) is 0 Å². The Hall–Kier alpha value is -2.37. The van der Waals surface area contributed by atoms with E-state index in [1.807, 2.05) is 13.0 Å². The van der Waals surface area contributed by atoms with Gasteiger partial charge in [-0.2, -0.15) is 5.10 Å². The van der Waals surface area contributed by atoms with Crippen molar-refractivity contribution in [2.75, 3.05) is 0 Å². The lowest BCUT2D eigenvalue weighted by molar-refractivity contribution is 0.318. The van der Waals surface area contributed by atoms with Crippen LogP contribution < -0.4 is 5.73 Å². The van der Waals surface area contributed by atoms with Crippen molar-refractivity contribution in [3.8, 4) is 5.82 Å². The predicted molar refractivity (Wildman–Crippen MR) is 77.4 cm³/mol. The molecule has 6 heteroatoms. The number of nitrogens with two attached hydrogens (primary N) is 1. The molecule has 2 aromatic rings. The molecule has 0 spiro atoms. The van der Waals surface area contributed by atoms with E-state index in [2.05, 4.69) is 35.2 Å². The fourth-order valence-corrected chi connectivity index (χ4v) is 2.15. The van der Waals surface area contributed by atoms with Crippen molar-refractivity contribution in [3.63, 3.8) is 0 Å². The third-order valence-electron chi connectivity index (χ3n) is 3.26. The summed E-state index contributed by atoms with van der Waals surface area (Å²) in [6.45, 7) is 6.01. The Morgan fingerprint density at radius 2 is 2.15 bits per heavy atom. The average Bonchev–Trinajstić information content (AvgIpc) is 2.89. The lowest BCUT2D eigenvalue weighted by atomic mass is 10.1. The third kappa shape index (κ3) is 2.36. The van der Waals surface area contributed by atoms with Crippen molar-refractivity contribution in [2.24, 2.45) is 10.9 Å². The Labute approximate surface area is 117 Å². The smallest absolute Gasteiger partial charge is 0.174 e. The molecule has 3 N–H and O–H groups in total. The van der Waals surface area contributed by atoms with Gasteiger partial charge < -0.3 is 10.9 Å². The van der Waals surface area contributed by atoms with Crippen molar-refractivity contribution < 1.29 is 5.21 Å². The van der Waals surface area contributed by atoms with Crippen LogP contribution in [0.25, 0.3) is 5.82 Å². The number of aromatic nitrogens is 3. The minimum Gasteiger partial charge on any atom is -0.409 e. The number of aryl methyl sites for hydroxylation is 3. The molecule has 0 unspecified atom stereocenters. The highest BCUT2D eigenvalue weighted by Crippen LogP contribution is 2.19. The summed E-state index contributed by atoms with van der Waals surface area (Å²) >= 11 is 0. The molecule has 2 rings (SSSR count). The van der Waals surface area contributed by atoms with E-state index in [1.165, 1.54) is 0 Å². The van der Waals surface area contributed by atoms with E-state index in [0.29, 0.717) is 11.4 Å². The normalized spacial score (nSPS) is 11.8. The van der Waals surface area contributed by atoms with Crippen LogP contribution >= 0.6 is 0 Å². The molecular formula is C14H19N5O. The highest BCUT2D eigenvalue weighted by molar-refractivity contribution is 6.01. The number of hydrogen-bond donors (Lipinski definition) is 2. The number of hydrogen-bond acceptors (Lipinski definition) is 4. The first-order chi connectivity index (χ1) is 9.62. The molecule has 20 heavy (non-hydrogen) atoms. The highest BCUT2D eigenvalue weighted by Gasteiger charge is 2.17. The predicted octanol–water partition coefficient (Wildman–Crippen LogP) is 1.80. The van der Waals surface area contributed by atoms with Crippen molar-refractivity contribution >= 4 is 5.84 Å². The summed E-state index contributed by atoms with van der Waals surface area (Å²) in [4.78, 5) is 4.36. The Morgan fingerprint density at radius 3 is 2.75 bits per heavy atom. The van der Waals surface area contributed by atoms with Crippen LogP contribution in [0.3, 0.4) is 0 Å². The Morgan fingerprint density at radius 1 is 1.40 bits per heavy atom. The summed E-state index contributed by atoms with van der Waals surface area (Å²) < 4.78 is 1.78. The van der Waals surface area contributed by atoms with Crippen LogP contribution in [-0.2, 0) is 12.8 Å². The Balaban J connectivity index is 2.69. The van der Waals surface area contributed by atoms with Crippen LogP contribution in [0, 0.1) is 6.92 Å². The number of nitrogens with zero attached hydrogens (tertiary/aromatic N) is 4. The quantitative estimate of drug-likeness (QED) is 0.385. The van der Waals surface area contributed by atoms with Gasteiger partial charge in [0.15, 0.2) is 11.7 Å². The molecule has 0 aromatic carbocycles. The Bertz CT molecular complexity index is 645. The first kappa shape index (κ1) is 14.0. The fraction of sp³-hybridized carbons (Fsp3) is 0.357. The SMILES string of the molecule is CCc1cc(CC)n(-c2nccc(C)c2/C(N)=N/O)n1. The highest BCUT2D eigenvalue weighted by atomic mass is 16.4. The fourth-order valence-electron chi connectivity index (χ4n) is 2.15. The van der Waals surface area contributed by atoms with Crippen molar-refractivity contribution in [2.45, 2.75) is 33.6 Å². The number of rotatable bonds is 4. The largest absolute Gasteiger partial charge is 0.409 e. The summed E-state index contributed by atoms with van der Waals surface area (Å²) in [6, 6.07) is 3.88. The lowest BCUT2D eigenvalue weighted by Gasteiger charge is -2.12. The zero-order chi connectivity index (χ0) is 14.7. The molecule has 2 aromatic heterocycles. The van der Waals surface area contributed by atoms with E-state index in [-0.39, 0.29) is 5.84 Å². The first-order valence-corrected chi connectivity index (χ1v) is 6.64. The van der Waals surface area contributed by atoms with E-state index in [4.69, 9.17) is 10.9 Å². The van der Waals surface area contributed by atoms with Crippen LogP contribution in [0.4, 0.5) is 0 Å². The minimum absolute atomic E-state index is 0.0428. The van der Waals surface area contributed by atoms with E-state index in [0.717, 1.165) is 29.8 Å². The molecule has 0 aliphatic rings. The summed E-state index contributed by atoms with van der Waals surface area (Å²) in [7, 11) is 0. The molecule has 0 atom stereocenters. The van der Waals surface area contributed by atoms with Crippen molar-refractivity contribution in [1.29, 1.82) is 0 Å². The third-order valence-corrected chi connectivity index (χ3v) is 3.26. The molecule has 0 saturated carbocycles. The Kier molecular flexibility index (Phi) is 4.02. The maximum absolute atomic E-state index is 8.97. The van der Waals surface area contributed by atoms with Gasteiger partial charge in [-0.1, -0.05) is 19.0 Å². The molecular weight excluding hydrogens is 254 g/mol. The number of pyridine rings is 1. The molecule has 0 bridgehead atoms. The molecule has 0 aliphatic carbocycles. The summed E-state index contributed by atoms with van der Waals surface area (Å²) in [5.41, 5.74) is 9.32. The lowest BCUT2D eigenvalue weighted by Crippen LogP contribution is -2.20. The number of oxime groups is 1. The maximum Gasteiger partial charge on any atom is 0.174 e. The zero-order valence-corrected chi connectivity index (χ0v) is 12.0. The second-order valence-corrected chi connectivity index (χ2v) is 4.56. The minimum atomic E-state index is 0.0428. The molecule has 2 heterocycles. The number of amidine groups is 1. The van der Waals surface area contributed by atoms with Crippen LogP contribution in [0.15, 0.2) is 23.5 Å². The standard InChI is InChI=1S/C14H19N5O/c1-4-10-8-11(5-2)19(17-10)14-12(13(15)18-20)9(3)6-7-16-14/h6-8,20H,4-5H2,1-3H3,(H2,15,18). The zero-order valence-electron chi connectivity index (χ0n) is 12.0. The van der Waals surface area contributed by atoms with E-state index >= 15 is 0 Å². The average molecular weight is 273 g/mol. The van der Waals surface area contributed by atoms with E-state index in [9.17, 15) is 0 Å². The molecule has 6 nitrogen and oxygen atoms in total. The van der Waals surface area contributed by atoms with Crippen LogP contribution in [0.2, 0.25) is 0 Å². The molecule has 0 radical (unpaired) electrons. The van der Waals surface area contributed by atoms with Gasteiger partial charge in [0, 0.05) is 11.9 Å². The van der Waals surface area contributed by atoms with Gasteiger partial charge in [-0.25, -0.2) is 9.67 Å². The monoisotopic (exact) mass is 273 g/mol. The van der Waals surface area contributed by atoms with E-state index < -0.39 is 0 Å². The summed E-state index contributed by atoms with van der Waals surface area (Å²) in [5, 5.41) is 16.6. The van der Waals surface area contributed by atoms with Crippen molar-refractivity contribution in [1.82, 2.24) is 14.8 Å². The molecule has 0 aliphatic heterocycles. The topological polar surface area (TPSA) is 89.3 Å². The molecule has 106 valence electrons. The second-order valence-electron chi connectivity index (χ2n) is 4.56. The van der Waals surface area contributed by atoms with Gasteiger partial charge in [0.05, 0.1) is 11.3 Å². The molecule has 0 saturated heterocycles. The van der Waals surface area contributed by atoms with Gasteiger partial charge in [-0.3, -0.25) is 0 Å². The van der Waals surface area contributed by atoms with Gasteiger partial charge in [0.2, 0.25) is 0 Å². The molecule has 0 amide bonds. The van der Waals surface area contributed by atoms with Crippen LogP contribution in [-0.4, -0.2) is 25.8 Å². The van der Waals surface area contributed by atoms with E-state index in [1.54, 1.807) is 10.9 Å². The van der Waals surface area contributed by atoms with Crippen molar-refractivity contribution in [3.05, 3.63) is 40.8 Å². The van der Waals surface area contributed by atoms with Gasteiger partial charge in [0.25, 0.3) is 0 Å². The van der Waals surface area contributed by atoms with Crippen LogP contribution in [0.1, 0.15) is 36.4 Å². The maximum atomic E-state index is 8.97. The first-order valence-electron chi connectivity index (χ1n) is 6.64. The summed E-state index contributed by atoms with van der Waals surface area (Å²) in [5.74, 6) is 0.637. The summed E-state index contributed by atoms with van der Waals surface area (Å²) in [6.07, 6.45) is 3.38. The van der Waals surface area contributed by atoms with Gasteiger partial charge >= 0.3 is 0 Å². The van der Waals surface area contributed by atoms with Gasteiger partial charge in [-0.05, 0) is 37.5 Å².